The number of nitro groups is 1. The van der Waals surface area contributed by atoms with Crippen molar-refractivity contribution in [2.75, 3.05) is 0 Å². The third-order valence-corrected chi connectivity index (χ3v) is 4.45. The lowest BCUT2D eigenvalue weighted by atomic mass is 10.1. The maximum absolute atomic E-state index is 11.9. The lowest BCUT2D eigenvalue weighted by Gasteiger charge is -2.01. The molecule has 0 unspecified atom stereocenters. The van der Waals surface area contributed by atoms with Gasteiger partial charge in [0.2, 0.25) is 0 Å². The average molecular weight is 348 g/mol. The first kappa shape index (κ1) is 15.4. The van der Waals surface area contributed by atoms with Crippen molar-refractivity contribution >= 4 is 50.0 Å². The normalized spacial score (nSPS) is 11.8. The molecular weight excluding hydrogens is 338 g/mol. The van der Waals surface area contributed by atoms with Crippen LogP contribution in [0, 0.1) is 17.0 Å². The molecule has 3 rings (SSSR count). The summed E-state index contributed by atoms with van der Waals surface area (Å²) in [4.78, 5) is 29.4. The maximum Gasteiger partial charge on any atom is 0.272 e. The molecule has 0 bridgehead atoms. The van der Waals surface area contributed by atoms with Crippen LogP contribution in [0.3, 0.4) is 0 Å². The Kier molecular flexibility index (Phi) is 3.97. The summed E-state index contributed by atoms with van der Waals surface area (Å²) in [7, 11) is 0. The third kappa shape index (κ3) is 3.01. The van der Waals surface area contributed by atoms with E-state index in [1.807, 2.05) is 0 Å². The van der Waals surface area contributed by atoms with Gasteiger partial charge in [0.1, 0.15) is 4.70 Å². The molecule has 1 N–H and O–H groups in total. The van der Waals surface area contributed by atoms with E-state index in [0.717, 1.165) is 0 Å². The minimum atomic E-state index is -0.446. The number of hydrogen-bond acceptors (Lipinski definition) is 5. The zero-order chi connectivity index (χ0) is 16.6. The van der Waals surface area contributed by atoms with Crippen molar-refractivity contribution in [1.29, 1.82) is 0 Å². The van der Waals surface area contributed by atoms with Gasteiger partial charge in [-0.05, 0) is 30.0 Å². The van der Waals surface area contributed by atoms with Crippen LogP contribution < -0.4 is 5.56 Å². The van der Waals surface area contributed by atoms with Gasteiger partial charge in [-0.15, -0.1) is 11.3 Å². The number of thiophene rings is 1. The Morgan fingerprint density at radius 3 is 2.96 bits per heavy atom. The van der Waals surface area contributed by atoms with Crippen molar-refractivity contribution in [2.24, 2.45) is 0 Å². The Bertz CT molecular complexity index is 1010. The van der Waals surface area contributed by atoms with Crippen LogP contribution >= 0.6 is 22.9 Å². The Hall–Kier alpha value is -2.51. The fraction of sp³-hybridized carbons (Fsp3) is 0.0667. The van der Waals surface area contributed by atoms with Gasteiger partial charge in [-0.1, -0.05) is 23.7 Å². The molecule has 0 spiro atoms. The molecule has 0 saturated carbocycles. The van der Waals surface area contributed by atoms with Crippen LogP contribution in [0.25, 0.3) is 21.3 Å². The number of nitro benzene ring substituents is 1. The summed E-state index contributed by atoms with van der Waals surface area (Å²) in [5.41, 5.74) is 1.43. The minimum absolute atomic E-state index is 0.0120. The number of aryl methyl sites for hydroxylation is 1. The summed E-state index contributed by atoms with van der Waals surface area (Å²) in [5, 5.41) is 13.0. The molecule has 0 saturated heterocycles. The molecule has 2 aromatic heterocycles. The molecule has 3 aromatic rings. The van der Waals surface area contributed by atoms with E-state index in [4.69, 9.17) is 11.6 Å². The third-order valence-electron chi connectivity index (χ3n) is 3.26. The SMILES string of the molecule is Cc1ccc(/C=C(/Cl)c2nc3ccsc3c(=O)[nH]2)cc1[N+](=O)[O-]. The second-order valence-corrected chi connectivity index (χ2v) is 6.17. The van der Waals surface area contributed by atoms with E-state index in [0.29, 0.717) is 21.3 Å². The molecule has 6 nitrogen and oxygen atoms in total. The summed E-state index contributed by atoms with van der Waals surface area (Å²) in [5.74, 6) is 0.228. The first-order valence-electron chi connectivity index (χ1n) is 6.56. The van der Waals surface area contributed by atoms with E-state index < -0.39 is 4.92 Å². The van der Waals surface area contributed by atoms with Crippen LogP contribution in [-0.4, -0.2) is 14.9 Å². The molecular formula is C15H10ClN3O3S. The average Bonchev–Trinajstić information content (AvgIpc) is 2.98. The van der Waals surface area contributed by atoms with E-state index in [2.05, 4.69) is 9.97 Å². The summed E-state index contributed by atoms with van der Waals surface area (Å²) >= 11 is 7.52. The first-order valence-corrected chi connectivity index (χ1v) is 7.81. The molecule has 0 aliphatic heterocycles. The highest BCUT2D eigenvalue weighted by Crippen LogP contribution is 2.25. The Morgan fingerprint density at radius 2 is 2.22 bits per heavy atom. The standard InChI is InChI=1S/C15H10ClN3O3S/c1-8-2-3-9(7-12(8)19(21)22)6-10(16)14-17-11-4-5-23-13(11)15(20)18-14/h2-7H,1H3,(H,17,18,20)/b10-6+. The number of nitrogens with one attached hydrogen (secondary N) is 1. The van der Waals surface area contributed by atoms with Gasteiger partial charge >= 0.3 is 0 Å². The number of aromatic nitrogens is 2. The molecule has 0 atom stereocenters. The van der Waals surface area contributed by atoms with E-state index in [9.17, 15) is 14.9 Å². The molecule has 1 aromatic carbocycles. The number of rotatable bonds is 3. The van der Waals surface area contributed by atoms with Crippen molar-refractivity contribution in [3.63, 3.8) is 0 Å². The molecule has 0 aliphatic rings. The number of fused-ring (bicyclic) bond motifs is 1. The van der Waals surface area contributed by atoms with Gasteiger partial charge in [-0.2, -0.15) is 0 Å². The van der Waals surface area contributed by atoms with E-state index >= 15 is 0 Å². The highest BCUT2D eigenvalue weighted by molar-refractivity contribution is 7.17. The largest absolute Gasteiger partial charge is 0.305 e. The van der Waals surface area contributed by atoms with Gasteiger partial charge in [0.15, 0.2) is 5.82 Å². The van der Waals surface area contributed by atoms with Crippen LogP contribution in [0.1, 0.15) is 17.0 Å². The zero-order valence-corrected chi connectivity index (χ0v) is 13.4. The van der Waals surface area contributed by atoms with Crippen LogP contribution in [0.15, 0.2) is 34.4 Å². The molecule has 23 heavy (non-hydrogen) atoms. The Balaban J connectivity index is 2.06. The van der Waals surface area contributed by atoms with Gasteiger partial charge in [0, 0.05) is 11.6 Å². The predicted molar refractivity (Wildman–Crippen MR) is 91.8 cm³/mol. The molecule has 116 valence electrons. The highest BCUT2D eigenvalue weighted by Gasteiger charge is 2.12. The van der Waals surface area contributed by atoms with Gasteiger partial charge in [-0.25, -0.2) is 4.98 Å². The van der Waals surface area contributed by atoms with Crippen molar-refractivity contribution in [3.8, 4) is 0 Å². The molecule has 8 heteroatoms. The van der Waals surface area contributed by atoms with Crippen LogP contribution in [-0.2, 0) is 0 Å². The smallest absolute Gasteiger partial charge is 0.272 e. The Labute approximate surface area is 139 Å². The summed E-state index contributed by atoms with van der Waals surface area (Å²) < 4.78 is 0.532. The van der Waals surface area contributed by atoms with Crippen LogP contribution in [0.5, 0.6) is 0 Å². The second-order valence-electron chi connectivity index (χ2n) is 4.84. The monoisotopic (exact) mass is 347 g/mol. The lowest BCUT2D eigenvalue weighted by molar-refractivity contribution is -0.385. The summed E-state index contributed by atoms with van der Waals surface area (Å²) in [6.45, 7) is 1.66. The molecule has 0 fully saturated rings. The molecule has 0 radical (unpaired) electrons. The van der Waals surface area contributed by atoms with Gasteiger partial charge < -0.3 is 4.98 Å². The summed E-state index contributed by atoms with van der Waals surface area (Å²) in [6.07, 6.45) is 1.53. The topological polar surface area (TPSA) is 88.9 Å². The fourth-order valence-electron chi connectivity index (χ4n) is 2.11. The van der Waals surface area contributed by atoms with Crippen LogP contribution in [0.2, 0.25) is 0 Å². The lowest BCUT2D eigenvalue weighted by Crippen LogP contribution is -2.08. The predicted octanol–water partition coefficient (Wildman–Crippen LogP) is 3.94. The highest BCUT2D eigenvalue weighted by atomic mass is 35.5. The number of H-pyrrole nitrogens is 1. The van der Waals surface area contributed by atoms with Gasteiger partial charge in [-0.3, -0.25) is 14.9 Å². The number of nitrogens with zero attached hydrogens (tertiary/aromatic N) is 2. The first-order chi connectivity index (χ1) is 11.0. The van der Waals surface area contributed by atoms with Gasteiger partial charge in [0.05, 0.1) is 15.5 Å². The fourth-order valence-corrected chi connectivity index (χ4v) is 3.05. The number of aromatic amines is 1. The quantitative estimate of drug-likeness (QED) is 0.574. The van der Waals surface area contributed by atoms with Crippen molar-refractivity contribution in [1.82, 2.24) is 9.97 Å². The second kappa shape index (κ2) is 5.94. The Morgan fingerprint density at radius 1 is 1.43 bits per heavy atom. The number of halogens is 1. The van der Waals surface area contributed by atoms with E-state index in [1.165, 1.54) is 23.5 Å². The molecule has 0 aliphatic carbocycles. The van der Waals surface area contributed by atoms with Crippen molar-refractivity contribution in [3.05, 3.63) is 67.1 Å². The van der Waals surface area contributed by atoms with Gasteiger partial charge in [0.25, 0.3) is 11.2 Å². The number of benzene rings is 1. The minimum Gasteiger partial charge on any atom is -0.305 e. The summed E-state index contributed by atoms with van der Waals surface area (Å²) in [6, 6.07) is 6.52. The van der Waals surface area contributed by atoms with Crippen LogP contribution in [0.4, 0.5) is 5.69 Å². The van der Waals surface area contributed by atoms with Crippen molar-refractivity contribution < 1.29 is 4.92 Å². The van der Waals surface area contributed by atoms with E-state index in [1.54, 1.807) is 30.5 Å². The van der Waals surface area contributed by atoms with Crippen molar-refractivity contribution in [2.45, 2.75) is 6.92 Å². The zero-order valence-electron chi connectivity index (χ0n) is 11.9. The molecule has 0 amide bonds. The number of hydrogen-bond donors (Lipinski definition) is 1. The van der Waals surface area contributed by atoms with E-state index in [-0.39, 0.29) is 22.1 Å². The maximum atomic E-state index is 11.9. The molecule has 2 heterocycles.